The molecule has 19 heavy (non-hydrogen) atoms. The van der Waals surface area contributed by atoms with Gasteiger partial charge in [-0.25, -0.2) is 0 Å². The first kappa shape index (κ1) is 14.2. The van der Waals surface area contributed by atoms with Gasteiger partial charge in [0.2, 0.25) is 0 Å². The summed E-state index contributed by atoms with van der Waals surface area (Å²) in [5, 5.41) is 0. The molecule has 0 saturated carbocycles. The first-order valence-electron chi connectivity index (χ1n) is 6.24. The summed E-state index contributed by atoms with van der Waals surface area (Å²) in [6.07, 6.45) is 1.61. The van der Waals surface area contributed by atoms with E-state index >= 15 is 0 Å². The first-order valence-corrected chi connectivity index (χ1v) is 6.24. The molecule has 1 aromatic rings. The molecule has 0 unspecified atom stereocenters. The lowest BCUT2D eigenvalue weighted by atomic mass is 9.84. The van der Waals surface area contributed by atoms with Crippen molar-refractivity contribution in [1.82, 2.24) is 4.98 Å². The van der Waals surface area contributed by atoms with Crippen molar-refractivity contribution < 1.29 is 18.8 Å². The van der Waals surface area contributed by atoms with Crippen molar-refractivity contribution in [3.05, 3.63) is 12.3 Å². The molecule has 0 bridgehead atoms. The Kier molecular flexibility index (Phi) is 3.49. The predicted molar refractivity (Wildman–Crippen MR) is 73.1 cm³/mol. The fraction of sp³-hybridized carbons (Fsp3) is 0.615. The third kappa shape index (κ3) is 2.42. The van der Waals surface area contributed by atoms with Crippen molar-refractivity contribution in [3.63, 3.8) is 0 Å². The van der Waals surface area contributed by atoms with Crippen LogP contribution in [0, 0.1) is 0 Å². The molecular formula is C13H20BNO4. The molecule has 2 heterocycles. The molecule has 1 aliphatic heterocycles. The number of hydrogen-bond acceptors (Lipinski definition) is 5. The molecule has 2 rings (SSSR count). The zero-order valence-corrected chi connectivity index (χ0v) is 12.3. The van der Waals surface area contributed by atoms with Crippen LogP contribution < -0.4 is 15.1 Å². The SMILES string of the molecule is COc1cnc(B2OC(C)(C)C(C)(C)O2)cc1OC. The van der Waals surface area contributed by atoms with Crippen LogP contribution in [-0.2, 0) is 9.31 Å². The molecule has 1 saturated heterocycles. The summed E-state index contributed by atoms with van der Waals surface area (Å²) in [5.74, 6) is 1.20. The van der Waals surface area contributed by atoms with Crippen LogP contribution in [0.1, 0.15) is 27.7 Å². The Balaban J connectivity index is 2.30. The van der Waals surface area contributed by atoms with Gasteiger partial charge in [0.25, 0.3) is 0 Å². The van der Waals surface area contributed by atoms with Gasteiger partial charge in [0, 0.05) is 6.07 Å². The van der Waals surface area contributed by atoms with Crippen LogP contribution >= 0.6 is 0 Å². The average molecular weight is 265 g/mol. The van der Waals surface area contributed by atoms with Crippen molar-refractivity contribution in [2.75, 3.05) is 14.2 Å². The maximum atomic E-state index is 5.94. The zero-order valence-electron chi connectivity index (χ0n) is 12.3. The van der Waals surface area contributed by atoms with E-state index in [4.69, 9.17) is 18.8 Å². The number of hydrogen-bond donors (Lipinski definition) is 0. The average Bonchev–Trinajstić information content (AvgIpc) is 2.57. The maximum Gasteiger partial charge on any atom is 0.514 e. The Morgan fingerprint density at radius 3 is 2.00 bits per heavy atom. The minimum Gasteiger partial charge on any atom is -0.493 e. The number of methoxy groups -OCH3 is 2. The Morgan fingerprint density at radius 1 is 1.00 bits per heavy atom. The van der Waals surface area contributed by atoms with Crippen LogP contribution in [0.3, 0.4) is 0 Å². The summed E-state index contributed by atoms with van der Waals surface area (Å²) in [5.41, 5.74) is -0.0877. The Hall–Kier alpha value is -1.27. The summed E-state index contributed by atoms with van der Waals surface area (Å²) in [6.45, 7) is 8.03. The third-order valence-corrected chi connectivity index (χ3v) is 3.79. The quantitative estimate of drug-likeness (QED) is 0.773. The van der Waals surface area contributed by atoms with E-state index in [-0.39, 0.29) is 11.2 Å². The number of aromatic nitrogens is 1. The number of rotatable bonds is 3. The maximum absolute atomic E-state index is 5.94. The van der Waals surface area contributed by atoms with E-state index < -0.39 is 7.12 Å². The normalized spacial score (nSPS) is 20.4. The van der Waals surface area contributed by atoms with Gasteiger partial charge in [-0.3, -0.25) is 4.98 Å². The van der Waals surface area contributed by atoms with E-state index in [9.17, 15) is 0 Å². The van der Waals surface area contributed by atoms with E-state index in [1.165, 1.54) is 0 Å². The predicted octanol–water partition coefficient (Wildman–Crippen LogP) is 1.40. The molecule has 1 aromatic heterocycles. The van der Waals surface area contributed by atoms with Gasteiger partial charge in [0.05, 0.1) is 37.2 Å². The molecule has 0 radical (unpaired) electrons. The summed E-state index contributed by atoms with van der Waals surface area (Å²) in [4.78, 5) is 4.32. The molecular weight excluding hydrogens is 245 g/mol. The molecule has 104 valence electrons. The van der Waals surface area contributed by atoms with Crippen molar-refractivity contribution in [2.24, 2.45) is 0 Å². The Morgan fingerprint density at radius 2 is 1.53 bits per heavy atom. The van der Waals surface area contributed by atoms with Gasteiger partial charge in [-0.05, 0) is 27.7 Å². The smallest absolute Gasteiger partial charge is 0.493 e. The minimum atomic E-state index is -0.496. The minimum absolute atomic E-state index is 0.382. The van der Waals surface area contributed by atoms with Crippen molar-refractivity contribution in [2.45, 2.75) is 38.9 Å². The molecule has 0 aliphatic carbocycles. The lowest BCUT2D eigenvalue weighted by Gasteiger charge is -2.32. The van der Waals surface area contributed by atoms with Crippen LogP contribution in [0.2, 0.25) is 0 Å². The van der Waals surface area contributed by atoms with Crippen LogP contribution in [0.5, 0.6) is 11.5 Å². The van der Waals surface area contributed by atoms with Crippen LogP contribution in [-0.4, -0.2) is 37.5 Å². The summed E-state index contributed by atoms with van der Waals surface area (Å²) >= 11 is 0. The number of nitrogens with zero attached hydrogens (tertiary/aromatic N) is 1. The summed E-state index contributed by atoms with van der Waals surface area (Å²) < 4.78 is 22.3. The largest absolute Gasteiger partial charge is 0.514 e. The molecule has 0 atom stereocenters. The molecule has 0 spiro atoms. The molecule has 0 aromatic carbocycles. The highest BCUT2D eigenvalue weighted by Crippen LogP contribution is 2.36. The van der Waals surface area contributed by atoms with E-state index in [1.807, 2.05) is 27.7 Å². The lowest BCUT2D eigenvalue weighted by molar-refractivity contribution is 0.00578. The van der Waals surface area contributed by atoms with Crippen LogP contribution in [0.25, 0.3) is 0 Å². The second-order valence-corrected chi connectivity index (χ2v) is 5.55. The highest BCUT2D eigenvalue weighted by Gasteiger charge is 2.52. The lowest BCUT2D eigenvalue weighted by Crippen LogP contribution is -2.41. The van der Waals surface area contributed by atoms with Gasteiger partial charge in [-0.15, -0.1) is 0 Å². The highest BCUT2D eigenvalue weighted by atomic mass is 16.7. The molecule has 1 fully saturated rings. The van der Waals surface area contributed by atoms with E-state index in [1.54, 1.807) is 26.5 Å². The Labute approximate surface area is 114 Å². The monoisotopic (exact) mass is 265 g/mol. The molecule has 6 heteroatoms. The van der Waals surface area contributed by atoms with Gasteiger partial charge in [-0.2, -0.15) is 0 Å². The van der Waals surface area contributed by atoms with Crippen molar-refractivity contribution >= 4 is 12.7 Å². The zero-order chi connectivity index (χ0) is 14.3. The fourth-order valence-corrected chi connectivity index (χ4v) is 1.85. The van der Waals surface area contributed by atoms with Crippen molar-refractivity contribution in [1.29, 1.82) is 0 Å². The standard InChI is InChI=1S/C13H20BNO4/c1-12(2)13(3,4)19-14(18-12)11-7-9(16-5)10(17-6)8-15-11/h7-8H,1-6H3. The van der Waals surface area contributed by atoms with Gasteiger partial charge in [0.15, 0.2) is 11.5 Å². The van der Waals surface area contributed by atoms with E-state index in [2.05, 4.69) is 4.98 Å². The van der Waals surface area contributed by atoms with Gasteiger partial charge < -0.3 is 18.8 Å². The second kappa shape index (κ2) is 4.69. The van der Waals surface area contributed by atoms with Crippen LogP contribution in [0.15, 0.2) is 12.3 Å². The first-order chi connectivity index (χ1) is 8.80. The second-order valence-electron chi connectivity index (χ2n) is 5.55. The highest BCUT2D eigenvalue weighted by molar-refractivity contribution is 6.61. The van der Waals surface area contributed by atoms with Crippen LogP contribution in [0.4, 0.5) is 0 Å². The van der Waals surface area contributed by atoms with E-state index in [0.29, 0.717) is 17.1 Å². The topological polar surface area (TPSA) is 49.8 Å². The summed E-state index contributed by atoms with van der Waals surface area (Å²) in [6, 6.07) is 1.78. The van der Waals surface area contributed by atoms with E-state index in [0.717, 1.165) is 0 Å². The summed E-state index contributed by atoms with van der Waals surface area (Å²) in [7, 11) is 2.67. The van der Waals surface area contributed by atoms with Crippen molar-refractivity contribution in [3.8, 4) is 11.5 Å². The molecule has 1 aliphatic rings. The number of ether oxygens (including phenoxy) is 2. The van der Waals surface area contributed by atoms with Gasteiger partial charge in [0.1, 0.15) is 0 Å². The van der Waals surface area contributed by atoms with Gasteiger partial charge in [-0.1, -0.05) is 0 Å². The molecule has 0 amide bonds. The third-order valence-electron chi connectivity index (χ3n) is 3.79. The number of pyridine rings is 1. The fourth-order valence-electron chi connectivity index (χ4n) is 1.85. The Bertz CT molecular complexity index is 460. The van der Waals surface area contributed by atoms with Gasteiger partial charge >= 0.3 is 7.12 Å². The molecule has 5 nitrogen and oxygen atoms in total. The molecule has 0 N–H and O–H groups in total.